The van der Waals surface area contributed by atoms with Crippen LogP contribution in [0.2, 0.25) is 0 Å². The maximum Gasteiger partial charge on any atom is 0.226 e. The number of anilines is 1. The number of nitrogens with zero attached hydrogens (tertiary/aromatic N) is 2. The Kier molecular flexibility index (Phi) is 4.67. The van der Waals surface area contributed by atoms with Gasteiger partial charge in [0.2, 0.25) is 5.91 Å². The molecular weight excluding hydrogens is 317 g/mol. The Labute approximate surface area is 149 Å². The van der Waals surface area contributed by atoms with Gasteiger partial charge in [-0.15, -0.1) is 0 Å². The summed E-state index contributed by atoms with van der Waals surface area (Å²) < 4.78 is 13.0. The van der Waals surface area contributed by atoms with Crippen molar-refractivity contribution in [1.29, 1.82) is 0 Å². The largest absolute Gasteiger partial charge is 0.369 e. The molecule has 2 saturated heterocycles. The Morgan fingerprint density at radius 1 is 1.08 bits per heavy atom. The number of benzene rings is 1. The van der Waals surface area contributed by atoms with Gasteiger partial charge in [-0.1, -0.05) is 12.8 Å². The van der Waals surface area contributed by atoms with Crippen molar-refractivity contribution in [3.05, 3.63) is 30.1 Å². The highest BCUT2D eigenvalue weighted by molar-refractivity contribution is 5.85. The highest BCUT2D eigenvalue weighted by Crippen LogP contribution is 2.45. The van der Waals surface area contributed by atoms with E-state index in [9.17, 15) is 9.18 Å². The van der Waals surface area contributed by atoms with Crippen molar-refractivity contribution in [3.63, 3.8) is 0 Å². The van der Waals surface area contributed by atoms with Crippen LogP contribution in [0.3, 0.4) is 0 Å². The van der Waals surface area contributed by atoms with Crippen LogP contribution in [0.25, 0.3) is 0 Å². The zero-order valence-electron chi connectivity index (χ0n) is 14.8. The van der Waals surface area contributed by atoms with Crippen LogP contribution in [0.4, 0.5) is 10.1 Å². The molecule has 136 valence electrons. The zero-order chi connectivity index (χ0) is 17.3. The molecule has 1 saturated carbocycles. The predicted octanol–water partition coefficient (Wildman–Crippen LogP) is 2.79. The molecule has 3 fully saturated rings. The lowest BCUT2D eigenvalue weighted by Gasteiger charge is -2.36. The van der Waals surface area contributed by atoms with Crippen LogP contribution in [-0.4, -0.2) is 49.6 Å². The maximum absolute atomic E-state index is 13.0. The summed E-state index contributed by atoms with van der Waals surface area (Å²) in [5, 5.41) is 3.25. The molecule has 0 bridgehead atoms. The van der Waals surface area contributed by atoms with Gasteiger partial charge in [0.15, 0.2) is 0 Å². The van der Waals surface area contributed by atoms with Crippen LogP contribution in [0.1, 0.15) is 38.5 Å². The van der Waals surface area contributed by atoms with Gasteiger partial charge in [0.25, 0.3) is 0 Å². The highest BCUT2D eigenvalue weighted by Gasteiger charge is 2.47. The van der Waals surface area contributed by atoms with Gasteiger partial charge >= 0.3 is 0 Å². The Bertz CT molecular complexity index is 604. The van der Waals surface area contributed by atoms with Crippen molar-refractivity contribution in [2.24, 2.45) is 5.41 Å². The monoisotopic (exact) mass is 345 g/mol. The van der Waals surface area contributed by atoms with Gasteiger partial charge in [-0.25, -0.2) is 4.39 Å². The predicted molar refractivity (Wildman–Crippen MR) is 97.1 cm³/mol. The van der Waals surface area contributed by atoms with Crippen molar-refractivity contribution in [2.45, 2.75) is 44.6 Å². The van der Waals surface area contributed by atoms with Crippen LogP contribution in [0, 0.1) is 11.2 Å². The summed E-state index contributed by atoms with van der Waals surface area (Å²) in [6, 6.07) is 7.15. The van der Waals surface area contributed by atoms with E-state index in [1.807, 2.05) is 12.1 Å². The molecule has 4 nitrogen and oxygen atoms in total. The van der Waals surface area contributed by atoms with Gasteiger partial charge in [0.05, 0.1) is 5.41 Å². The van der Waals surface area contributed by atoms with Gasteiger partial charge in [0.1, 0.15) is 5.82 Å². The number of rotatable bonds is 4. The highest BCUT2D eigenvalue weighted by atomic mass is 19.1. The SMILES string of the molecule is O=C1N[C@H](CCN2CCN(c3ccc(F)cc3)CC2)CC12CCCC2. The van der Waals surface area contributed by atoms with Gasteiger partial charge in [-0.05, 0) is 49.9 Å². The van der Waals surface area contributed by atoms with E-state index in [1.54, 1.807) is 0 Å². The lowest BCUT2D eigenvalue weighted by Crippen LogP contribution is -2.47. The summed E-state index contributed by atoms with van der Waals surface area (Å²) in [5.74, 6) is 0.136. The molecule has 1 aromatic rings. The Morgan fingerprint density at radius 3 is 2.44 bits per heavy atom. The normalized spacial score (nSPS) is 26.4. The van der Waals surface area contributed by atoms with Crippen molar-refractivity contribution in [1.82, 2.24) is 10.2 Å². The van der Waals surface area contributed by atoms with Crippen molar-refractivity contribution in [3.8, 4) is 0 Å². The van der Waals surface area contributed by atoms with E-state index in [0.717, 1.165) is 64.1 Å². The summed E-state index contributed by atoms with van der Waals surface area (Å²) in [5.41, 5.74) is 1.08. The molecule has 4 rings (SSSR count). The van der Waals surface area contributed by atoms with E-state index >= 15 is 0 Å². The molecule has 1 aromatic carbocycles. The molecule has 2 aliphatic heterocycles. The molecule has 25 heavy (non-hydrogen) atoms. The molecule has 5 heteroatoms. The smallest absolute Gasteiger partial charge is 0.226 e. The van der Waals surface area contributed by atoms with E-state index in [4.69, 9.17) is 0 Å². The average Bonchev–Trinajstić information content (AvgIpc) is 3.22. The number of piperazine rings is 1. The third-order valence-electron chi connectivity index (χ3n) is 6.37. The van der Waals surface area contributed by atoms with Crippen LogP contribution in [-0.2, 0) is 4.79 Å². The van der Waals surface area contributed by atoms with E-state index < -0.39 is 0 Å². The second-order valence-corrected chi connectivity index (χ2v) is 7.96. The molecule has 1 aliphatic carbocycles. The van der Waals surface area contributed by atoms with Crippen LogP contribution < -0.4 is 10.2 Å². The fraction of sp³-hybridized carbons (Fsp3) is 0.650. The molecule has 1 atom stereocenters. The third kappa shape index (κ3) is 3.52. The van der Waals surface area contributed by atoms with Gasteiger partial charge in [0, 0.05) is 44.5 Å². The number of halogens is 1. The van der Waals surface area contributed by atoms with Crippen molar-refractivity contribution >= 4 is 11.6 Å². The minimum absolute atomic E-state index is 0.0219. The summed E-state index contributed by atoms with van der Waals surface area (Å²) in [4.78, 5) is 17.1. The molecule has 1 spiro atoms. The first kappa shape index (κ1) is 16.8. The third-order valence-corrected chi connectivity index (χ3v) is 6.37. The standard InChI is InChI=1S/C20H28FN3O/c21-16-3-5-18(6-4-16)24-13-11-23(12-14-24)10-7-17-15-20(19(25)22-17)8-1-2-9-20/h3-6,17H,1-2,7-15H2,(H,22,25)/t17-/m1/s1. The molecule has 2 heterocycles. The first-order chi connectivity index (χ1) is 12.1. The summed E-state index contributed by atoms with van der Waals surface area (Å²) >= 11 is 0. The van der Waals surface area contributed by atoms with Crippen LogP contribution in [0.5, 0.6) is 0 Å². The molecule has 0 aromatic heterocycles. The molecular formula is C20H28FN3O. The average molecular weight is 345 g/mol. The van der Waals surface area contributed by atoms with E-state index in [2.05, 4.69) is 15.1 Å². The first-order valence-electron chi connectivity index (χ1n) is 9.69. The number of nitrogens with one attached hydrogen (secondary N) is 1. The number of carbonyl (C=O) groups excluding carboxylic acids is 1. The molecule has 1 amide bonds. The molecule has 3 aliphatic rings. The second-order valence-electron chi connectivity index (χ2n) is 7.96. The number of amides is 1. The molecule has 0 unspecified atom stereocenters. The Balaban J connectivity index is 1.23. The number of carbonyl (C=O) groups is 1. The van der Waals surface area contributed by atoms with Crippen molar-refractivity contribution < 1.29 is 9.18 Å². The van der Waals surface area contributed by atoms with E-state index in [1.165, 1.54) is 25.0 Å². The summed E-state index contributed by atoms with van der Waals surface area (Å²) in [6.07, 6.45) is 6.71. The maximum atomic E-state index is 13.0. The minimum atomic E-state index is -0.180. The second kappa shape index (κ2) is 6.94. The Hall–Kier alpha value is -1.62. The molecule has 0 radical (unpaired) electrons. The quantitative estimate of drug-likeness (QED) is 0.911. The zero-order valence-corrected chi connectivity index (χ0v) is 14.8. The van der Waals surface area contributed by atoms with Crippen LogP contribution in [0.15, 0.2) is 24.3 Å². The van der Waals surface area contributed by atoms with Gasteiger partial charge in [-0.3, -0.25) is 9.69 Å². The minimum Gasteiger partial charge on any atom is -0.369 e. The fourth-order valence-corrected chi connectivity index (χ4v) is 4.83. The lowest BCUT2D eigenvalue weighted by atomic mass is 9.83. The summed E-state index contributed by atoms with van der Waals surface area (Å²) in [6.45, 7) is 5.07. The van der Waals surface area contributed by atoms with Gasteiger partial charge < -0.3 is 10.2 Å². The van der Waals surface area contributed by atoms with Gasteiger partial charge in [-0.2, -0.15) is 0 Å². The Morgan fingerprint density at radius 2 is 1.76 bits per heavy atom. The van der Waals surface area contributed by atoms with E-state index in [-0.39, 0.29) is 11.2 Å². The topological polar surface area (TPSA) is 35.6 Å². The fourth-order valence-electron chi connectivity index (χ4n) is 4.83. The van der Waals surface area contributed by atoms with E-state index in [0.29, 0.717) is 11.9 Å². The van der Waals surface area contributed by atoms with Crippen LogP contribution >= 0.6 is 0 Å². The summed E-state index contributed by atoms with van der Waals surface area (Å²) in [7, 11) is 0. The first-order valence-corrected chi connectivity index (χ1v) is 9.69. The number of hydrogen-bond acceptors (Lipinski definition) is 3. The number of hydrogen-bond donors (Lipinski definition) is 1. The van der Waals surface area contributed by atoms with Crippen molar-refractivity contribution in [2.75, 3.05) is 37.6 Å². The molecule has 1 N–H and O–H groups in total. The lowest BCUT2D eigenvalue weighted by molar-refractivity contribution is -0.127.